The van der Waals surface area contributed by atoms with E-state index < -0.39 is 6.09 Å². The summed E-state index contributed by atoms with van der Waals surface area (Å²) in [5, 5.41) is 5.92. The molecular formula is C17H30N6O2S. The summed E-state index contributed by atoms with van der Waals surface area (Å²) in [5.41, 5.74) is 6.18. The first-order chi connectivity index (χ1) is 12.5. The summed E-state index contributed by atoms with van der Waals surface area (Å²) < 4.78 is 4.97. The molecule has 146 valence electrons. The van der Waals surface area contributed by atoms with Crippen molar-refractivity contribution in [2.45, 2.75) is 33.2 Å². The highest BCUT2D eigenvalue weighted by atomic mass is 32.1. The first-order valence-electron chi connectivity index (χ1n) is 9.12. The fourth-order valence-corrected chi connectivity index (χ4v) is 3.59. The maximum atomic E-state index is 11.7. The lowest BCUT2D eigenvalue weighted by molar-refractivity contribution is 0.147. The van der Waals surface area contributed by atoms with Gasteiger partial charge in [0.25, 0.3) is 0 Å². The van der Waals surface area contributed by atoms with Crippen LogP contribution in [0, 0.1) is 5.92 Å². The van der Waals surface area contributed by atoms with Crippen LogP contribution in [0.3, 0.4) is 0 Å². The second kappa shape index (κ2) is 10.2. The molecule has 1 atom stereocenters. The van der Waals surface area contributed by atoms with Crippen molar-refractivity contribution in [3.63, 3.8) is 0 Å². The van der Waals surface area contributed by atoms with Crippen LogP contribution in [0.15, 0.2) is 16.6 Å². The molecule has 26 heavy (non-hydrogen) atoms. The van der Waals surface area contributed by atoms with Gasteiger partial charge in [0.2, 0.25) is 0 Å². The van der Waals surface area contributed by atoms with Gasteiger partial charge < -0.3 is 25.6 Å². The van der Waals surface area contributed by atoms with E-state index in [0.29, 0.717) is 25.0 Å². The standard InChI is InChI=1S/C17H30N6O2S/c1-4-25-17(24)21-14(11-13(2)3)12-20-15(18)22-6-8-23(9-7-22)16-19-5-10-26-16/h5,10,13-14H,4,6-9,11-12H2,1-3H3,(H2,18,20)(H,21,24). The molecule has 1 unspecified atom stereocenters. The van der Waals surface area contributed by atoms with Gasteiger partial charge in [-0.1, -0.05) is 13.8 Å². The Labute approximate surface area is 159 Å². The van der Waals surface area contributed by atoms with Crippen molar-refractivity contribution in [2.75, 3.05) is 44.2 Å². The average molecular weight is 383 g/mol. The maximum absolute atomic E-state index is 11.7. The Morgan fingerprint density at radius 2 is 2.15 bits per heavy atom. The Bertz CT molecular complexity index is 570. The van der Waals surface area contributed by atoms with Crippen LogP contribution >= 0.6 is 11.3 Å². The molecule has 3 N–H and O–H groups in total. The number of alkyl carbamates (subject to hydrolysis) is 1. The van der Waals surface area contributed by atoms with Gasteiger partial charge in [0.15, 0.2) is 11.1 Å². The van der Waals surface area contributed by atoms with Crippen molar-refractivity contribution in [3.8, 4) is 0 Å². The fourth-order valence-electron chi connectivity index (χ4n) is 2.89. The SMILES string of the molecule is CCOC(=O)NC(CN=C(N)N1CCN(c2nccs2)CC1)CC(C)C. The third-order valence-electron chi connectivity index (χ3n) is 4.12. The van der Waals surface area contributed by atoms with Gasteiger partial charge in [-0.25, -0.2) is 9.78 Å². The van der Waals surface area contributed by atoms with Crippen LogP contribution in [0.2, 0.25) is 0 Å². The van der Waals surface area contributed by atoms with E-state index in [1.54, 1.807) is 18.3 Å². The second-order valence-corrected chi connectivity index (χ2v) is 7.55. The van der Waals surface area contributed by atoms with E-state index in [1.807, 2.05) is 11.6 Å². The van der Waals surface area contributed by atoms with Crippen LogP contribution in [0.1, 0.15) is 27.2 Å². The Balaban J connectivity index is 1.85. The van der Waals surface area contributed by atoms with Gasteiger partial charge in [0.05, 0.1) is 19.2 Å². The van der Waals surface area contributed by atoms with Crippen molar-refractivity contribution < 1.29 is 9.53 Å². The molecule has 0 aromatic carbocycles. The number of thiazole rings is 1. The van der Waals surface area contributed by atoms with E-state index in [1.165, 1.54) is 0 Å². The molecule has 9 heteroatoms. The third kappa shape index (κ3) is 6.36. The average Bonchev–Trinajstić information content (AvgIpc) is 3.14. The molecule has 0 bridgehead atoms. The van der Waals surface area contributed by atoms with Crippen LogP contribution in [-0.4, -0.2) is 67.3 Å². The molecule has 1 amide bonds. The van der Waals surface area contributed by atoms with Crippen LogP contribution in [0.25, 0.3) is 0 Å². The fraction of sp³-hybridized carbons (Fsp3) is 0.706. The molecule has 1 aliphatic heterocycles. The van der Waals surface area contributed by atoms with Crippen LogP contribution in [0.4, 0.5) is 9.93 Å². The lowest BCUT2D eigenvalue weighted by atomic mass is 10.0. The normalized spacial score (nSPS) is 16.7. The van der Waals surface area contributed by atoms with Gasteiger partial charge in [0.1, 0.15) is 0 Å². The summed E-state index contributed by atoms with van der Waals surface area (Å²) >= 11 is 1.65. The zero-order chi connectivity index (χ0) is 18.9. The second-order valence-electron chi connectivity index (χ2n) is 6.68. The number of amides is 1. The van der Waals surface area contributed by atoms with Crippen LogP contribution < -0.4 is 16.0 Å². The summed E-state index contributed by atoms with van der Waals surface area (Å²) in [7, 11) is 0. The van der Waals surface area contributed by atoms with Crippen molar-refractivity contribution in [2.24, 2.45) is 16.6 Å². The lowest BCUT2D eigenvalue weighted by Gasteiger charge is -2.35. The van der Waals surface area contributed by atoms with E-state index in [-0.39, 0.29) is 6.04 Å². The predicted molar refractivity (Wildman–Crippen MR) is 106 cm³/mol. The minimum absolute atomic E-state index is 0.0794. The highest BCUT2D eigenvalue weighted by Gasteiger charge is 2.20. The summed E-state index contributed by atoms with van der Waals surface area (Å²) in [6, 6.07) is -0.0794. The molecule has 1 aromatic rings. The molecule has 2 heterocycles. The zero-order valence-electron chi connectivity index (χ0n) is 15.9. The van der Waals surface area contributed by atoms with Gasteiger partial charge in [-0.2, -0.15) is 0 Å². The summed E-state index contributed by atoms with van der Waals surface area (Å²) in [5.74, 6) is 0.975. The first kappa shape index (κ1) is 20.3. The molecule has 0 spiro atoms. The highest BCUT2D eigenvalue weighted by molar-refractivity contribution is 7.13. The number of anilines is 1. The number of nitrogens with one attached hydrogen (secondary N) is 1. The lowest BCUT2D eigenvalue weighted by Crippen LogP contribution is -2.51. The molecule has 0 saturated carbocycles. The minimum Gasteiger partial charge on any atom is -0.450 e. The number of nitrogens with two attached hydrogens (primary N) is 1. The third-order valence-corrected chi connectivity index (χ3v) is 4.95. The highest BCUT2D eigenvalue weighted by Crippen LogP contribution is 2.18. The Kier molecular flexibility index (Phi) is 7.96. The number of hydrogen-bond acceptors (Lipinski definition) is 6. The molecule has 8 nitrogen and oxygen atoms in total. The molecule has 0 radical (unpaired) electrons. The number of hydrogen-bond donors (Lipinski definition) is 2. The van der Waals surface area contributed by atoms with E-state index in [9.17, 15) is 4.79 Å². The Hall–Kier alpha value is -2.03. The molecule has 1 saturated heterocycles. The van der Waals surface area contributed by atoms with Crippen LogP contribution in [0.5, 0.6) is 0 Å². The quantitative estimate of drug-likeness (QED) is 0.551. The largest absolute Gasteiger partial charge is 0.450 e. The summed E-state index contributed by atoms with van der Waals surface area (Å²) in [6.45, 7) is 10.2. The monoisotopic (exact) mass is 382 g/mol. The number of ether oxygens (including phenoxy) is 1. The van der Waals surface area contributed by atoms with Crippen molar-refractivity contribution in [1.82, 2.24) is 15.2 Å². The van der Waals surface area contributed by atoms with Gasteiger partial charge in [-0.05, 0) is 19.3 Å². The molecule has 1 aliphatic rings. The summed E-state index contributed by atoms with van der Waals surface area (Å²) in [4.78, 5) is 24.9. The first-order valence-corrected chi connectivity index (χ1v) is 10.00. The van der Waals surface area contributed by atoms with E-state index in [4.69, 9.17) is 10.5 Å². The smallest absolute Gasteiger partial charge is 0.407 e. The summed E-state index contributed by atoms with van der Waals surface area (Å²) in [6.07, 6.45) is 2.25. The van der Waals surface area contributed by atoms with E-state index >= 15 is 0 Å². The molecular weight excluding hydrogens is 352 g/mol. The number of piperazine rings is 1. The Morgan fingerprint density at radius 3 is 2.73 bits per heavy atom. The molecule has 2 rings (SSSR count). The van der Waals surface area contributed by atoms with E-state index in [2.05, 4.69) is 38.9 Å². The number of guanidine groups is 1. The number of nitrogens with zero attached hydrogens (tertiary/aromatic N) is 4. The Morgan fingerprint density at radius 1 is 1.42 bits per heavy atom. The maximum Gasteiger partial charge on any atom is 0.407 e. The van der Waals surface area contributed by atoms with Gasteiger partial charge in [-0.15, -0.1) is 11.3 Å². The van der Waals surface area contributed by atoms with Crippen molar-refractivity contribution in [3.05, 3.63) is 11.6 Å². The topological polar surface area (TPSA) is 96.1 Å². The van der Waals surface area contributed by atoms with E-state index in [0.717, 1.165) is 37.7 Å². The number of rotatable bonds is 7. The number of aliphatic imine (C=N–C) groups is 1. The van der Waals surface area contributed by atoms with Crippen molar-refractivity contribution in [1.29, 1.82) is 0 Å². The van der Waals surface area contributed by atoms with Gasteiger partial charge in [-0.3, -0.25) is 4.99 Å². The molecule has 1 aromatic heterocycles. The van der Waals surface area contributed by atoms with Gasteiger partial charge in [0, 0.05) is 37.8 Å². The predicted octanol–water partition coefficient (Wildman–Crippen LogP) is 1.74. The van der Waals surface area contributed by atoms with Crippen molar-refractivity contribution >= 4 is 28.5 Å². The minimum atomic E-state index is -0.399. The zero-order valence-corrected chi connectivity index (χ0v) is 16.7. The number of carbonyl (C=O) groups excluding carboxylic acids is 1. The molecule has 1 fully saturated rings. The van der Waals surface area contributed by atoms with Crippen LogP contribution in [-0.2, 0) is 4.74 Å². The van der Waals surface area contributed by atoms with Gasteiger partial charge >= 0.3 is 6.09 Å². The number of aromatic nitrogens is 1. The number of carbonyl (C=O) groups is 1. The molecule has 0 aliphatic carbocycles.